The van der Waals surface area contributed by atoms with Crippen LogP contribution in [0.2, 0.25) is 0 Å². The zero-order valence-corrected chi connectivity index (χ0v) is 15.5. The molecule has 0 aliphatic heterocycles. The maximum atomic E-state index is 13.3. The van der Waals surface area contributed by atoms with Crippen molar-refractivity contribution in [2.24, 2.45) is 0 Å². The predicted octanol–water partition coefficient (Wildman–Crippen LogP) is 2.82. The van der Waals surface area contributed by atoms with E-state index < -0.39 is 6.04 Å². The monoisotopic (exact) mass is 382 g/mol. The van der Waals surface area contributed by atoms with Gasteiger partial charge in [0.05, 0.1) is 11.8 Å². The van der Waals surface area contributed by atoms with E-state index >= 15 is 0 Å². The average molecular weight is 382 g/mol. The molecule has 1 aromatic carbocycles. The van der Waals surface area contributed by atoms with Crippen LogP contribution in [0.1, 0.15) is 31.3 Å². The molecule has 0 fully saturated rings. The van der Waals surface area contributed by atoms with E-state index in [1.165, 1.54) is 16.8 Å². The van der Waals surface area contributed by atoms with Gasteiger partial charge in [0.15, 0.2) is 5.58 Å². The van der Waals surface area contributed by atoms with Gasteiger partial charge in [0, 0.05) is 25.1 Å². The summed E-state index contributed by atoms with van der Waals surface area (Å²) in [5.41, 5.74) is 2.03. The number of hydrogen-bond donors (Lipinski definition) is 1. The maximum absolute atomic E-state index is 13.3. The van der Waals surface area contributed by atoms with E-state index in [4.69, 9.17) is 4.42 Å². The molecule has 8 heteroatoms. The van der Waals surface area contributed by atoms with Crippen molar-refractivity contribution in [3.05, 3.63) is 70.2 Å². The number of benzene rings is 1. The average Bonchev–Trinajstić information content (AvgIpc) is 3.28. The van der Waals surface area contributed by atoms with E-state index in [1.807, 2.05) is 6.92 Å². The lowest BCUT2D eigenvalue weighted by Gasteiger charge is -2.16. The number of carbonyl (C=O) groups is 1. The lowest BCUT2D eigenvalue weighted by molar-refractivity contribution is -0.124. The summed E-state index contributed by atoms with van der Waals surface area (Å²) >= 11 is 0. The number of rotatable bonds is 5. The zero-order valence-electron chi connectivity index (χ0n) is 15.5. The van der Waals surface area contributed by atoms with Gasteiger partial charge in [-0.1, -0.05) is 19.1 Å². The van der Waals surface area contributed by atoms with Gasteiger partial charge in [-0.3, -0.25) is 14.0 Å². The number of fused-ring (bicyclic) bond motifs is 3. The van der Waals surface area contributed by atoms with Crippen molar-refractivity contribution < 1.29 is 13.6 Å². The third-order valence-corrected chi connectivity index (χ3v) is 4.75. The lowest BCUT2D eigenvalue weighted by Crippen LogP contribution is -2.38. The van der Waals surface area contributed by atoms with Gasteiger partial charge in [0.1, 0.15) is 23.2 Å². The Morgan fingerprint density at radius 2 is 2.11 bits per heavy atom. The number of amides is 1. The molecule has 0 bridgehead atoms. The van der Waals surface area contributed by atoms with E-state index in [0.29, 0.717) is 28.9 Å². The van der Waals surface area contributed by atoms with Gasteiger partial charge >= 0.3 is 0 Å². The minimum Gasteiger partial charge on any atom is -0.463 e. The van der Waals surface area contributed by atoms with Gasteiger partial charge in [-0.05, 0) is 24.6 Å². The highest BCUT2D eigenvalue weighted by atomic mass is 19.1. The molecule has 0 aliphatic carbocycles. The molecule has 0 aliphatic rings. The van der Waals surface area contributed by atoms with Crippen LogP contribution in [0.5, 0.6) is 0 Å². The van der Waals surface area contributed by atoms with Crippen LogP contribution in [0.4, 0.5) is 4.39 Å². The molecule has 28 heavy (non-hydrogen) atoms. The van der Waals surface area contributed by atoms with Crippen LogP contribution in [0.3, 0.4) is 0 Å². The van der Waals surface area contributed by atoms with Crippen molar-refractivity contribution in [2.45, 2.75) is 32.9 Å². The topological polar surface area (TPSA) is 81.5 Å². The number of furan rings is 1. The molecule has 144 valence electrons. The van der Waals surface area contributed by atoms with Crippen LogP contribution in [0.25, 0.3) is 16.6 Å². The molecule has 1 amide bonds. The van der Waals surface area contributed by atoms with Crippen LogP contribution >= 0.6 is 0 Å². The second-order valence-electron chi connectivity index (χ2n) is 6.58. The summed E-state index contributed by atoms with van der Waals surface area (Å²) < 4.78 is 21.6. The highest BCUT2D eigenvalue weighted by molar-refractivity contribution is 5.83. The summed E-state index contributed by atoms with van der Waals surface area (Å²) in [4.78, 5) is 25.5. The number of carbonyl (C=O) groups excluding carboxylic acids is 1. The molecule has 0 saturated carbocycles. The fourth-order valence-electron chi connectivity index (χ4n) is 3.28. The van der Waals surface area contributed by atoms with Crippen molar-refractivity contribution in [1.29, 1.82) is 0 Å². The molecule has 0 unspecified atom stereocenters. The first kappa shape index (κ1) is 18.0. The standard InChI is InChI=1S/C20H19FN4O3/c1-3-18-23-25(20(27)16-10-17-15(24(16)18)7-8-28-17)12(2)19(26)22-11-13-5-4-6-14(21)9-13/h4-10,12H,3,11H2,1-2H3,(H,22,26)/t12-/m1/s1. The molecule has 4 rings (SSSR count). The first-order valence-electron chi connectivity index (χ1n) is 9.02. The van der Waals surface area contributed by atoms with Crippen molar-refractivity contribution in [3.8, 4) is 0 Å². The van der Waals surface area contributed by atoms with Crippen molar-refractivity contribution in [3.63, 3.8) is 0 Å². The highest BCUT2D eigenvalue weighted by Gasteiger charge is 2.22. The van der Waals surface area contributed by atoms with E-state index in [9.17, 15) is 14.0 Å². The van der Waals surface area contributed by atoms with Gasteiger partial charge in [0.2, 0.25) is 5.91 Å². The van der Waals surface area contributed by atoms with Crippen LogP contribution in [-0.4, -0.2) is 20.1 Å². The molecule has 7 nitrogen and oxygen atoms in total. The Labute approximate surface area is 159 Å². The fraction of sp³-hybridized carbons (Fsp3) is 0.250. The Balaban J connectivity index is 1.66. The molecule has 0 radical (unpaired) electrons. The zero-order chi connectivity index (χ0) is 19.8. The first-order valence-corrected chi connectivity index (χ1v) is 9.02. The lowest BCUT2D eigenvalue weighted by atomic mass is 10.2. The van der Waals surface area contributed by atoms with Crippen LogP contribution < -0.4 is 10.9 Å². The number of halogens is 1. The molecule has 0 saturated heterocycles. The normalized spacial score (nSPS) is 12.5. The summed E-state index contributed by atoms with van der Waals surface area (Å²) in [6.45, 7) is 3.70. The van der Waals surface area contributed by atoms with Gasteiger partial charge in [-0.25, -0.2) is 9.07 Å². The fourth-order valence-corrected chi connectivity index (χ4v) is 3.28. The third kappa shape index (κ3) is 2.96. The summed E-state index contributed by atoms with van der Waals surface area (Å²) in [7, 11) is 0. The largest absolute Gasteiger partial charge is 0.463 e. The van der Waals surface area contributed by atoms with E-state index in [0.717, 1.165) is 5.52 Å². The molecule has 3 heterocycles. The number of hydrogen-bond acceptors (Lipinski definition) is 4. The predicted molar refractivity (Wildman–Crippen MR) is 102 cm³/mol. The minimum absolute atomic E-state index is 0.163. The minimum atomic E-state index is -0.822. The Hall–Kier alpha value is -3.42. The van der Waals surface area contributed by atoms with Crippen molar-refractivity contribution in [1.82, 2.24) is 19.5 Å². The summed E-state index contributed by atoms with van der Waals surface area (Å²) in [6, 6.07) is 8.61. The third-order valence-electron chi connectivity index (χ3n) is 4.75. The molecule has 1 N–H and O–H groups in total. The Kier molecular flexibility index (Phi) is 4.46. The number of aromatic nitrogens is 3. The van der Waals surface area contributed by atoms with Gasteiger partial charge in [0.25, 0.3) is 5.56 Å². The quantitative estimate of drug-likeness (QED) is 0.575. The molecule has 1 atom stereocenters. The van der Waals surface area contributed by atoms with Crippen LogP contribution in [-0.2, 0) is 17.8 Å². The molecule has 4 aromatic rings. The van der Waals surface area contributed by atoms with Gasteiger partial charge in [-0.2, -0.15) is 5.10 Å². The van der Waals surface area contributed by atoms with E-state index in [1.54, 1.807) is 41.9 Å². The van der Waals surface area contributed by atoms with E-state index in [2.05, 4.69) is 10.4 Å². The van der Waals surface area contributed by atoms with Crippen LogP contribution in [0.15, 0.2) is 51.9 Å². The first-order chi connectivity index (χ1) is 13.5. The second-order valence-corrected chi connectivity index (χ2v) is 6.58. The summed E-state index contributed by atoms with van der Waals surface area (Å²) in [6.07, 6.45) is 2.13. The Morgan fingerprint density at radius 3 is 2.86 bits per heavy atom. The molecule has 3 aromatic heterocycles. The van der Waals surface area contributed by atoms with Crippen LogP contribution in [0, 0.1) is 5.82 Å². The molecular formula is C20H19FN4O3. The Morgan fingerprint density at radius 1 is 1.29 bits per heavy atom. The smallest absolute Gasteiger partial charge is 0.291 e. The van der Waals surface area contributed by atoms with Gasteiger partial charge < -0.3 is 9.73 Å². The summed E-state index contributed by atoms with van der Waals surface area (Å²) in [5, 5.41) is 7.14. The number of nitrogens with one attached hydrogen (secondary N) is 1. The molecule has 0 spiro atoms. The molecular weight excluding hydrogens is 363 g/mol. The number of nitrogens with zero attached hydrogens (tertiary/aromatic N) is 3. The van der Waals surface area contributed by atoms with Gasteiger partial charge in [-0.15, -0.1) is 0 Å². The Bertz CT molecular complexity index is 1240. The second kappa shape index (κ2) is 6.95. The maximum Gasteiger partial charge on any atom is 0.291 e. The van der Waals surface area contributed by atoms with E-state index in [-0.39, 0.29) is 23.8 Å². The highest BCUT2D eigenvalue weighted by Crippen LogP contribution is 2.21. The van der Waals surface area contributed by atoms with Crippen molar-refractivity contribution in [2.75, 3.05) is 0 Å². The van der Waals surface area contributed by atoms with Crippen molar-refractivity contribution >= 4 is 22.5 Å². The SMILES string of the molecule is CCc1nn([C@H](C)C(=O)NCc2cccc(F)c2)c(=O)c2cc3occc3n12. The number of aryl methyl sites for hydroxylation is 1. The summed E-state index contributed by atoms with van der Waals surface area (Å²) in [5.74, 6) is -0.0930.